The van der Waals surface area contributed by atoms with Gasteiger partial charge in [-0.05, 0) is 49.4 Å². The maximum atomic E-state index is 12.6. The topological polar surface area (TPSA) is 81.9 Å². The van der Waals surface area contributed by atoms with Crippen molar-refractivity contribution < 1.29 is 4.79 Å². The van der Waals surface area contributed by atoms with Gasteiger partial charge in [-0.15, -0.1) is 0 Å². The Bertz CT molecular complexity index is 843. The lowest BCUT2D eigenvalue weighted by Crippen LogP contribution is -2.34. The Hall–Kier alpha value is -2.78. The molecule has 2 aliphatic rings. The van der Waals surface area contributed by atoms with Crippen molar-refractivity contribution in [1.82, 2.24) is 20.2 Å². The third-order valence-corrected chi connectivity index (χ3v) is 4.97. The zero-order valence-corrected chi connectivity index (χ0v) is 14.6. The van der Waals surface area contributed by atoms with Crippen molar-refractivity contribution in [2.24, 2.45) is 0 Å². The van der Waals surface area contributed by atoms with Gasteiger partial charge in [0.1, 0.15) is 5.69 Å². The van der Waals surface area contributed by atoms with Gasteiger partial charge < -0.3 is 10.2 Å². The third-order valence-electron chi connectivity index (χ3n) is 4.97. The number of nitrogens with one attached hydrogen (secondary N) is 1. The molecule has 1 N–H and O–H groups in total. The largest absolute Gasteiger partial charge is 0.336 e. The summed E-state index contributed by atoms with van der Waals surface area (Å²) in [6, 6.07) is 7.91. The highest BCUT2D eigenvalue weighted by Gasteiger charge is 2.27. The minimum Gasteiger partial charge on any atom is -0.336 e. The second kappa shape index (κ2) is 7.22. The lowest BCUT2D eigenvalue weighted by Gasteiger charge is -2.19. The molecule has 0 radical (unpaired) electrons. The molecule has 1 aliphatic heterocycles. The molecule has 6 heteroatoms. The fourth-order valence-electron chi connectivity index (χ4n) is 3.39. The predicted molar refractivity (Wildman–Crippen MR) is 97.5 cm³/mol. The molecule has 0 atom stereocenters. The van der Waals surface area contributed by atoms with E-state index in [1.54, 1.807) is 12.4 Å². The van der Waals surface area contributed by atoms with Gasteiger partial charge in [0.2, 0.25) is 0 Å². The highest BCUT2D eigenvalue weighted by molar-refractivity contribution is 5.92. The minimum atomic E-state index is -0.0602. The summed E-state index contributed by atoms with van der Waals surface area (Å²) in [4.78, 5) is 23.4. The molecular weight excluding hydrogens is 326 g/mol. The molecule has 0 unspecified atom stereocenters. The number of aromatic nitrogens is 2. The molecule has 1 aliphatic carbocycles. The van der Waals surface area contributed by atoms with Crippen LogP contribution in [0.25, 0.3) is 11.3 Å². The van der Waals surface area contributed by atoms with Crippen molar-refractivity contribution in [3.05, 3.63) is 47.4 Å². The standard InChI is InChI=1S/C20H21N5O/c21-11-14-2-5-16(17(10-14)15-3-4-15)18-12-24-19(13-23-18)20(26)25-8-1-6-22-7-9-25/h2,5,10,12-13,15,22H,1,3-4,6-9H2. The van der Waals surface area contributed by atoms with E-state index in [0.29, 0.717) is 23.7 Å². The van der Waals surface area contributed by atoms with Crippen LogP contribution in [0, 0.1) is 11.3 Å². The Morgan fingerprint density at radius 3 is 2.81 bits per heavy atom. The maximum Gasteiger partial charge on any atom is 0.274 e. The van der Waals surface area contributed by atoms with Crippen molar-refractivity contribution in [2.75, 3.05) is 26.2 Å². The number of carbonyl (C=O) groups is 1. The first-order chi connectivity index (χ1) is 12.8. The predicted octanol–water partition coefficient (Wildman–Crippen LogP) is 2.33. The average Bonchev–Trinajstić information content (AvgIpc) is 3.54. The van der Waals surface area contributed by atoms with E-state index in [-0.39, 0.29) is 5.91 Å². The summed E-state index contributed by atoms with van der Waals surface area (Å²) in [5, 5.41) is 12.4. The van der Waals surface area contributed by atoms with Crippen molar-refractivity contribution in [3.63, 3.8) is 0 Å². The van der Waals surface area contributed by atoms with Crippen LogP contribution in [0.15, 0.2) is 30.6 Å². The fourth-order valence-corrected chi connectivity index (χ4v) is 3.39. The Morgan fingerprint density at radius 2 is 2.08 bits per heavy atom. The van der Waals surface area contributed by atoms with Crippen molar-refractivity contribution in [2.45, 2.75) is 25.2 Å². The molecule has 1 saturated heterocycles. The summed E-state index contributed by atoms with van der Waals surface area (Å²) in [5.74, 6) is 0.445. The third kappa shape index (κ3) is 3.44. The highest BCUT2D eigenvalue weighted by Crippen LogP contribution is 2.44. The summed E-state index contributed by atoms with van der Waals surface area (Å²) in [6.07, 6.45) is 6.50. The second-order valence-electron chi connectivity index (χ2n) is 6.87. The van der Waals surface area contributed by atoms with Crippen LogP contribution >= 0.6 is 0 Å². The van der Waals surface area contributed by atoms with Gasteiger partial charge in [-0.2, -0.15) is 5.26 Å². The first-order valence-electron chi connectivity index (χ1n) is 9.13. The van der Waals surface area contributed by atoms with Crippen LogP contribution < -0.4 is 5.32 Å². The van der Waals surface area contributed by atoms with Gasteiger partial charge in [0.15, 0.2) is 0 Å². The summed E-state index contributed by atoms with van der Waals surface area (Å²) < 4.78 is 0. The van der Waals surface area contributed by atoms with E-state index in [2.05, 4.69) is 21.4 Å². The number of carbonyl (C=O) groups excluding carboxylic acids is 1. The monoisotopic (exact) mass is 347 g/mol. The Morgan fingerprint density at radius 1 is 1.19 bits per heavy atom. The SMILES string of the molecule is N#Cc1ccc(-c2cnc(C(=O)N3CCCNCC3)cn2)c(C2CC2)c1. The maximum absolute atomic E-state index is 12.6. The molecule has 2 heterocycles. The normalized spacial score (nSPS) is 17.4. The molecule has 0 spiro atoms. The first kappa shape index (κ1) is 16.7. The number of hydrogen-bond acceptors (Lipinski definition) is 5. The van der Waals surface area contributed by atoms with Gasteiger partial charge in [0.05, 0.1) is 29.7 Å². The Balaban J connectivity index is 1.58. The summed E-state index contributed by atoms with van der Waals surface area (Å²) in [6.45, 7) is 3.20. The van der Waals surface area contributed by atoms with Crippen molar-refractivity contribution in [1.29, 1.82) is 5.26 Å². The van der Waals surface area contributed by atoms with Gasteiger partial charge in [-0.25, -0.2) is 4.98 Å². The van der Waals surface area contributed by atoms with Crippen molar-refractivity contribution in [3.8, 4) is 17.3 Å². The fraction of sp³-hybridized carbons (Fsp3) is 0.400. The molecule has 2 aromatic rings. The smallest absolute Gasteiger partial charge is 0.274 e. The van der Waals surface area contributed by atoms with E-state index in [0.717, 1.165) is 55.7 Å². The Kier molecular flexibility index (Phi) is 4.63. The lowest BCUT2D eigenvalue weighted by molar-refractivity contribution is 0.0760. The number of nitrogens with zero attached hydrogens (tertiary/aromatic N) is 4. The van der Waals surface area contributed by atoms with Crippen LogP contribution in [-0.2, 0) is 0 Å². The molecule has 4 rings (SSSR count). The van der Waals surface area contributed by atoms with Gasteiger partial charge in [-0.3, -0.25) is 9.78 Å². The molecule has 1 saturated carbocycles. The molecule has 1 aromatic carbocycles. The van der Waals surface area contributed by atoms with E-state index < -0.39 is 0 Å². The quantitative estimate of drug-likeness (QED) is 0.921. The number of benzene rings is 1. The van der Waals surface area contributed by atoms with E-state index in [4.69, 9.17) is 5.26 Å². The molecule has 26 heavy (non-hydrogen) atoms. The van der Waals surface area contributed by atoms with E-state index >= 15 is 0 Å². The highest BCUT2D eigenvalue weighted by atomic mass is 16.2. The van der Waals surface area contributed by atoms with Crippen LogP contribution in [0.3, 0.4) is 0 Å². The summed E-state index contributed by atoms with van der Waals surface area (Å²) in [7, 11) is 0. The van der Waals surface area contributed by atoms with Crippen LogP contribution in [0.4, 0.5) is 0 Å². The van der Waals surface area contributed by atoms with Crippen LogP contribution in [-0.4, -0.2) is 47.0 Å². The Labute approximate surface area is 152 Å². The summed E-state index contributed by atoms with van der Waals surface area (Å²) >= 11 is 0. The van der Waals surface area contributed by atoms with Gasteiger partial charge >= 0.3 is 0 Å². The zero-order chi connectivity index (χ0) is 17.9. The van der Waals surface area contributed by atoms with Gasteiger partial charge in [0.25, 0.3) is 5.91 Å². The first-order valence-corrected chi connectivity index (χ1v) is 9.13. The molecule has 1 aromatic heterocycles. The van der Waals surface area contributed by atoms with Crippen molar-refractivity contribution >= 4 is 5.91 Å². The van der Waals surface area contributed by atoms with Crippen LogP contribution in [0.2, 0.25) is 0 Å². The number of rotatable bonds is 3. The molecule has 0 bridgehead atoms. The molecule has 1 amide bonds. The second-order valence-corrected chi connectivity index (χ2v) is 6.87. The summed E-state index contributed by atoms with van der Waals surface area (Å²) in [5.41, 5.74) is 3.99. The zero-order valence-electron chi connectivity index (χ0n) is 14.6. The van der Waals surface area contributed by atoms with E-state index in [1.165, 1.54) is 0 Å². The minimum absolute atomic E-state index is 0.0602. The molecule has 6 nitrogen and oxygen atoms in total. The van der Waals surface area contributed by atoms with Crippen LogP contribution in [0.1, 0.15) is 46.8 Å². The number of nitriles is 1. The van der Waals surface area contributed by atoms with E-state index in [9.17, 15) is 4.79 Å². The molecule has 2 fully saturated rings. The van der Waals surface area contributed by atoms with Gasteiger partial charge in [0, 0.05) is 25.2 Å². The van der Waals surface area contributed by atoms with Gasteiger partial charge in [-0.1, -0.05) is 6.07 Å². The molecule has 132 valence electrons. The van der Waals surface area contributed by atoms with E-state index in [1.807, 2.05) is 23.1 Å². The molecular formula is C20H21N5O. The number of hydrogen-bond donors (Lipinski definition) is 1. The lowest BCUT2D eigenvalue weighted by atomic mass is 9.98. The number of amides is 1. The average molecular weight is 347 g/mol. The van der Waals surface area contributed by atoms with Crippen LogP contribution in [0.5, 0.6) is 0 Å².